The zero-order chi connectivity index (χ0) is 22.5. The van der Waals surface area contributed by atoms with Gasteiger partial charge in [-0.25, -0.2) is 16.8 Å². The number of nitrogens with one attached hydrogen (secondary N) is 1. The van der Waals surface area contributed by atoms with Crippen LogP contribution in [-0.2, 0) is 19.7 Å². The third-order valence-corrected chi connectivity index (χ3v) is 7.25. The molecule has 0 spiro atoms. The Morgan fingerprint density at radius 3 is 2.17 bits per heavy atom. The summed E-state index contributed by atoms with van der Waals surface area (Å²) in [5.41, 5.74) is 1.42. The first kappa shape index (κ1) is 24.2. The summed E-state index contributed by atoms with van der Waals surface area (Å²) in [4.78, 5) is 2.20. The van der Waals surface area contributed by atoms with E-state index >= 15 is 0 Å². The number of anilines is 1. The molecule has 0 heterocycles. The number of ether oxygens (including phenoxy) is 1. The number of benzene rings is 2. The maximum Gasteiger partial charge on any atom is 0.177 e. The van der Waals surface area contributed by atoms with E-state index < -0.39 is 19.7 Å². The van der Waals surface area contributed by atoms with E-state index in [1.165, 1.54) is 18.2 Å². The van der Waals surface area contributed by atoms with Crippen molar-refractivity contribution in [2.24, 2.45) is 0 Å². The van der Waals surface area contributed by atoms with E-state index in [4.69, 9.17) is 4.74 Å². The largest absolute Gasteiger partial charge is 0.497 e. The number of rotatable bonds is 10. The van der Waals surface area contributed by atoms with Gasteiger partial charge in [0, 0.05) is 19.1 Å². The average Bonchev–Trinajstić information content (AvgIpc) is 2.69. The minimum atomic E-state index is -3.63. The molecule has 0 radical (unpaired) electrons. The molecule has 0 unspecified atom stereocenters. The van der Waals surface area contributed by atoms with Crippen LogP contribution in [0.4, 0.5) is 5.69 Å². The van der Waals surface area contributed by atoms with Crippen molar-refractivity contribution in [2.45, 2.75) is 29.7 Å². The van der Waals surface area contributed by atoms with E-state index in [0.717, 1.165) is 36.9 Å². The Hall–Kier alpha value is -2.10. The Labute approximate surface area is 179 Å². The fourth-order valence-corrected chi connectivity index (χ4v) is 4.97. The van der Waals surface area contributed by atoms with Crippen LogP contribution in [0.5, 0.6) is 5.75 Å². The summed E-state index contributed by atoms with van der Waals surface area (Å²) in [5, 5.41) is 3.23. The topological polar surface area (TPSA) is 92.8 Å². The molecule has 0 amide bonds. The highest BCUT2D eigenvalue weighted by Crippen LogP contribution is 2.28. The third kappa shape index (κ3) is 5.96. The van der Waals surface area contributed by atoms with E-state index in [9.17, 15) is 16.8 Å². The number of likely N-dealkylation sites (N-methyl/N-ethyl adjacent to an activating group) is 1. The highest BCUT2D eigenvalue weighted by Gasteiger charge is 2.22. The van der Waals surface area contributed by atoms with Crippen molar-refractivity contribution in [3.05, 3.63) is 48.0 Å². The van der Waals surface area contributed by atoms with Crippen molar-refractivity contribution in [1.82, 2.24) is 4.90 Å². The summed E-state index contributed by atoms with van der Waals surface area (Å²) < 4.78 is 53.7. The van der Waals surface area contributed by atoms with E-state index in [1.54, 1.807) is 7.11 Å². The molecule has 166 valence electrons. The predicted molar refractivity (Wildman–Crippen MR) is 120 cm³/mol. The zero-order valence-corrected chi connectivity index (χ0v) is 19.7. The van der Waals surface area contributed by atoms with Crippen molar-refractivity contribution in [1.29, 1.82) is 0 Å². The third-order valence-electron chi connectivity index (χ3n) is 5.00. The SMILES string of the molecule is CCN(CC)[C@@H](CNc1ccc(S(C)(=O)=O)cc1S(C)(=O)=O)c1cccc(OC)c1. The van der Waals surface area contributed by atoms with Crippen molar-refractivity contribution >= 4 is 25.4 Å². The first-order chi connectivity index (χ1) is 14.0. The van der Waals surface area contributed by atoms with Gasteiger partial charge in [0.25, 0.3) is 0 Å². The smallest absolute Gasteiger partial charge is 0.177 e. The van der Waals surface area contributed by atoms with Gasteiger partial charge in [-0.15, -0.1) is 0 Å². The highest BCUT2D eigenvalue weighted by molar-refractivity contribution is 7.91. The van der Waals surface area contributed by atoms with Crippen LogP contribution >= 0.6 is 0 Å². The lowest BCUT2D eigenvalue weighted by Crippen LogP contribution is -2.33. The Morgan fingerprint density at radius 1 is 0.967 bits per heavy atom. The molecule has 7 nitrogen and oxygen atoms in total. The molecule has 0 aromatic heterocycles. The van der Waals surface area contributed by atoms with Gasteiger partial charge >= 0.3 is 0 Å². The van der Waals surface area contributed by atoms with Crippen molar-refractivity contribution < 1.29 is 21.6 Å². The Balaban J connectivity index is 2.43. The lowest BCUT2D eigenvalue weighted by Gasteiger charge is -2.31. The van der Waals surface area contributed by atoms with E-state index in [-0.39, 0.29) is 15.8 Å². The lowest BCUT2D eigenvalue weighted by atomic mass is 10.0. The summed E-state index contributed by atoms with van der Waals surface area (Å²) in [6.07, 6.45) is 2.13. The van der Waals surface area contributed by atoms with Crippen molar-refractivity contribution in [3.63, 3.8) is 0 Å². The minimum Gasteiger partial charge on any atom is -0.497 e. The van der Waals surface area contributed by atoms with E-state index in [1.807, 2.05) is 24.3 Å². The van der Waals surface area contributed by atoms with Crippen LogP contribution in [0.3, 0.4) is 0 Å². The molecule has 30 heavy (non-hydrogen) atoms. The summed E-state index contributed by atoms with van der Waals surface area (Å²) >= 11 is 0. The molecular weight excluding hydrogens is 424 g/mol. The second-order valence-electron chi connectivity index (χ2n) is 7.10. The molecule has 2 aromatic rings. The molecule has 0 saturated carbocycles. The second kappa shape index (κ2) is 9.80. The molecule has 1 atom stereocenters. The van der Waals surface area contributed by atoms with Crippen LogP contribution in [0, 0.1) is 0 Å². The molecule has 0 aliphatic rings. The van der Waals surface area contributed by atoms with Gasteiger partial charge in [0.2, 0.25) is 0 Å². The quantitative estimate of drug-likeness (QED) is 0.590. The van der Waals surface area contributed by atoms with Crippen LogP contribution in [0.2, 0.25) is 0 Å². The molecule has 0 bridgehead atoms. The average molecular weight is 455 g/mol. The maximum absolute atomic E-state index is 12.3. The van der Waals surface area contributed by atoms with Gasteiger partial charge in [-0.05, 0) is 49.0 Å². The Morgan fingerprint density at radius 2 is 1.63 bits per heavy atom. The monoisotopic (exact) mass is 454 g/mol. The van der Waals surface area contributed by atoms with E-state index in [2.05, 4.69) is 24.1 Å². The fourth-order valence-electron chi connectivity index (χ4n) is 3.36. The van der Waals surface area contributed by atoms with Crippen molar-refractivity contribution in [3.8, 4) is 5.75 Å². The molecule has 0 saturated heterocycles. The summed E-state index contributed by atoms with van der Waals surface area (Å²) in [5.74, 6) is 0.749. The van der Waals surface area contributed by atoms with Gasteiger partial charge in [0.15, 0.2) is 19.7 Å². The molecule has 0 aliphatic heterocycles. The molecule has 0 fully saturated rings. The standard InChI is InChI=1S/C21H30N2O5S2/c1-6-23(7-2)20(16-9-8-10-17(13-16)28-3)15-22-19-12-11-18(29(4,24)25)14-21(19)30(5,26)27/h8-14,20,22H,6-7,15H2,1-5H3/t20-/m0/s1. The number of methoxy groups -OCH3 is 1. The van der Waals surface area contributed by atoms with Gasteiger partial charge in [-0.2, -0.15) is 0 Å². The number of nitrogens with zero attached hydrogens (tertiary/aromatic N) is 1. The normalized spacial score (nSPS) is 13.3. The predicted octanol–water partition coefficient (Wildman–Crippen LogP) is 3.00. The maximum atomic E-state index is 12.3. The molecule has 9 heteroatoms. The van der Waals surface area contributed by atoms with Gasteiger partial charge < -0.3 is 10.1 Å². The fraction of sp³-hybridized carbons (Fsp3) is 0.429. The number of hydrogen-bond acceptors (Lipinski definition) is 7. The van der Waals surface area contributed by atoms with Crippen LogP contribution in [0.25, 0.3) is 0 Å². The number of hydrogen-bond donors (Lipinski definition) is 1. The van der Waals surface area contributed by atoms with Crippen LogP contribution in [-0.4, -0.2) is 61.0 Å². The Kier molecular flexibility index (Phi) is 7.90. The van der Waals surface area contributed by atoms with Crippen LogP contribution in [0.1, 0.15) is 25.5 Å². The Bertz CT molecular complexity index is 1080. The first-order valence-corrected chi connectivity index (χ1v) is 13.5. The number of sulfone groups is 2. The van der Waals surface area contributed by atoms with E-state index in [0.29, 0.717) is 12.2 Å². The van der Waals surface area contributed by atoms with Gasteiger partial charge in [0.1, 0.15) is 5.75 Å². The lowest BCUT2D eigenvalue weighted by molar-refractivity contribution is 0.227. The summed E-state index contributed by atoms with van der Waals surface area (Å²) in [6.45, 7) is 6.20. The van der Waals surface area contributed by atoms with Gasteiger partial charge in [0.05, 0.1) is 28.6 Å². The van der Waals surface area contributed by atoms with Gasteiger partial charge in [-0.3, -0.25) is 4.90 Å². The molecular formula is C21H30N2O5S2. The highest BCUT2D eigenvalue weighted by atomic mass is 32.2. The van der Waals surface area contributed by atoms with Crippen LogP contribution < -0.4 is 10.1 Å². The molecule has 2 rings (SSSR count). The summed E-state index contributed by atoms with van der Waals surface area (Å²) in [7, 11) is -5.53. The van der Waals surface area contributed by atoms with Crippen LogP contribution in [0.15, 0.2) is 52.3 Å². The molecule has 0 aliphatic carbocycles. The molecule has 2 aromatic carbocycles. The van der Waals surface area contributed by atoms with Gasteiger partial charge in [-0.1, -0.05) is 26.0 Å². The molecule has 1 N–H and O–H groups in total. The minimum absolute atomic E-state index is 0.0263. The van der Waals surface area contributed by atoms with Crippen molar-refractivity contribution in [2.75, 3.05) is 44.6 Å². The first-order valence-electron chi connectivity index (χ1n) is 9.67. The summed E-state index contributed by atoms with van der Waals surface area (Å²) in [6, 6.07) is 11.9. The second-order valence-corrected chi connectivity index (χ2v) is 11.1. The zero-order valence-electron chi connectivity index (χ0n) is 18.0.